The number of hydrogen-bond donors (Lipinski definition) is 1. The van der Waals surface area contributed by atoms with E-state index in [-0.39, 0.29) is 12.0 Å². The molecule has 0 amide bonds. The Morgan fingerprint density at radius 1 is 1.05 bits per heavy atom. The van der Waals surface area contributed by atoms with Crippen LogP contribution in [0.4, 0.5) is 8.78 Å². The van der Waals surface area contributed by atoms with E-state index < -0.39 is 17.7 Å². The molecular formula is C17H18F2O2. The number of aliphatic hydroxyl groups excluding tert-OH is 1. The first-order valence-electron chi connectivity index (χ1n) is 6.96. The van der Waals surface area contributed by atoms with Gasteiger partial charge in [-0.1, -0.05) is 31.2 Å². The van der Waals surface area contributed by atoms with Crippen molar-refractivity contribution in [2.24, 2.45) is 0 Å². The zero-order chi connectivity index (χ0) is 15.2. The number of para-hydroxylation sites is 1. The molecule has 1 unspecified atom stereocenters. The highest BCUT2D eigenvalue weighted by Crippen LogP contribution is 2.29. The molecule has 2 nitrogen and oxygen atoms in total. The van der Waals surface area contributed by atoms with Crippen LogP contribution in [0.1, 0.15) is 30.6 Å². The van der Waals surface area contributed by atoms with Crippen LogP contribution in [0.2, 0.25) is 0 Å². The molecule has 2 aromatic carbocycles. The van der Waals surface area contributed by atoms with Gasteiger partial charge in [-0.2, -0.15) is 0 Å². The van der Waals surface area contributed by atoms with E-state index in [2.05, 4.69) is 0 Å². The summed E-state index contributed by atoms with van der Waals surface area (Å²) >= 11 is 0. The minimum absolute atomic E-state index is 0.115. The van der Waals surface area contributed by atoms with Crippen LogP contribution < -0.4 is 4.74 Å². The Hall–Kier alpha value is -1.94. The van der Waals surface area contributed by atoms with E-state index in [1.54, 1.807) is 24.3 Å². The first-order valence-corrected chi connectivity index (χ1v) is 6.96. The van der Waals surface area contributed by atoms with Gasteiger partial charge in [-0.3, -0.25) is 0 Å². The van der Waals surface area contributed by atoms with E-state index >= 15 is 0 Å². The van der Waals surface area contributed by atoms with Crippen molar-refractivity contribution in [2.45, 2.75) is 25.9 Å². The van der Waals surface area contributed by atoms with E-state index in [1.807, 2.05) is 6.92 Å². The van der Waals surface area contributed by atoms with Crippen molar-refractivity contribution in [1.82, 2.24) is 0 Å². The molecular weight excluding hydrogens is 274 g/mol. The molecule has 2 aromatic rings. The Kier molecular flexibility index (Phi) is 5.28. The van der Waals surface area contributed by atoms with Crippen LogP contribution in [0.5, 0.6) is 5.75 Å². The van der Waals surface area contributed by atoms with Gasteiger partial charge in [-0.05, 0) is 24.6 Å². The third kappa shape index (κ3) is 3.79. The molecule has 4 heteroatoms. The zero-order valence-corrected chi connectivity index (χ0v) is 11.9. The summed E-state index contributed by atoms with van der Waals surface area (Å²) in [7, 11) is 0. The fourth-order valence-corrected chi connectivity index (χ4v) is 2.13. The standard InChI is InChI=1S/C17H18F2O2/c1-2-10-21-17-9-4-3-6-12(17)16(20)11-13-14(18)7-5-8-15(13)19/h3-9,16,20H,2,10-11H2,1H3. The Morgan fingerprint density at radius 3 is 2.38 bits per heavy atom. The van der Waals surface area contributed by atoms with Crippen LogP contribution in [-0.4, -0.2) is 11.7 Å². The average Bonchev–Trinajstić information content (AvgIpc) is 2.49. The molecule has 0 aliphatic heterocycles. The van der Waals surface area contributed by atoms with Crippen molar-refractivity contribution in [3.8, 4) is 5.75 Å². The Balaban J connectivity index is 2.22. The van der Waals surface area contributed by atoms with Crippen molar-refractivity contribution in [1.29, 1.82) is 0 Å². The van der Waals surface area contributed by atoms with Gasteiger partial charge in [0.1, 0.15) is 17.4 Å². The van der Waals surface area contributed by atoms with Gasteiger partial charge in [-0.15, -0.1) is 0 Å². The van der Waals surface area contributed by atoms with Crippen molar-refractivity contribution in [2.75, 3.05) is 6.61 Å². The number of ether oxygens (including phenoxy) is 1. The SMILES string of the molecule is CCCOc1ccccc1C(O)Cc1c(F)cccc1F. The maximum absolute atomic E-state index is 13.6. The molecule has 0 fully saturated rings. The van der Waals surface area contributed by atoms with Gasteiger partial charge in [0.05, 0.1) is 12.7 Å². The molecule has 0 heterocycles. The highest BCUT2D eigenvalue weighted by atomic mass is 19.1. The monoisotopic (exact) mass is 292 g/mol. The summed E-state index contributed by atoms with van der Waals surface area (Å²) in [6, 6.07) is 10.7. The second-order valence-electron chi connectivity index (χ2n) is 4.81. The Bertz CT molecular complexity index is 579. The van der Waals surface area contributed by atoms with Gasteiger partial charge in [0.15, 0.2) is 0 Å². The Morgan fingerprint density at radius 2 is 1.71 bits per heavy atom. The van der Waals surface area contributed by atoms with Crippen LogP contribution in [0.15, 0.2) is 42.5 Å². The van der Waals surface area contributed by atoms with Crippen molar-refractivity contribution in [3.63, 3.8) is 0 Å². The van der Waals surface area contributed by atoms with Crippen LogP contribution in [-0.2, 0) is 6.42 Å². The van der Waals surface area contributed by atoms with Gasteiger partial charge in [-0.25, -0.2) is 8.78 Å². The lowest BCUT2D eigenvalue weighted by Gasteiger charge is -2.16. The molecule has 0 bridgehead atoms. The highest BCUT2D eigenvalue weighted by Gasteiger charge is 2.18. The molecule has 2 rings (SSSR count). The largest absolute Gasteiger partial charge is 0.493 e. The number of aliphatic hydroxyl groups is 1. The first-order chi connectivity index (χ1) is 10.1. The summed E-state index contributed by atoms with van der Waals surface area (Å²) in [5, 5.41) is 10.3. The van der Waals surface area contributed by atoms with Gasteiger partial charge >= 0.3 is 0 Å². The van der Waals surface area contributed by atoms with Gasteiger partial charge in [0, 0.05) is 17.5 Å². The summed E-state index contributed by atoms with van der Waals surface area (Å²) in [6.45, 7) is 2.51. The van der Waals surface area contributed by atoms with E-state index in [1.165, 1.54) is 18.2 Å². The zero-order valence-electron chi connectivity index (χ0n) is 11.9. The summed E-state index contributed by atoms with van der Waals surface area (Å²) in [6.07, 6.45) is -0.318. The van der Waals surface area contributed by atoms with Gasteiger partial charge in [0.25, 0.3) is 0 Å². The molecule has 0 spiro atoms. The third-order valence-corrected chi connectivity index (χ3v) is 3.20. The molecule has 0 saturated carbocycles. The lowest BCUT2D eigenvalue weighted by molar-refractivity contribution is 0.169. The van der Waals surface area contributed by atoms with Crippen LogP contribution >= 0.6 is 0 Å². The predicted molar refractivity (Wildman–Crippen MR) is 77.2 cm³/mol. The van der Waals surface area contributed by atoms with Crippen molar-refractivity contribution in [3.05, 3.63) is 65.2 Å². The summed E-state index contributed by atoms with van der Waals surface area (Å²) in [4.78, 5) is 0. The average molecular weight is 292 g/mol. The molecule has 1 N–H and O–H groups in total. The number of halogens is 2. The van der Waals surface area contributed by atoms with E-state index in [0.29, 0.717) is 17.9 Å². The van der Waals surface area contributed by atoms with E-state index in [9.17, 15) is 13.9 Å². The molecule has 0 aromatic heterocycles. The summed E-state index contributed by atoms with van der Waals surface area (Å²) in [5.74, 6) is -0.759. The van der Waals surface area contributed by atoms with Crippen molar-refractivity contribution < 1.29 is 18.6 Å². The normalized spacial score (nSPS) is 12.2. The van der Waals surface area contributed by atoms with Crippen LogP contribution in [0.25, 0.3) is 0 Å². The smallest absolute Gasteiger partial charge is 0.129 e. The minimum atomic E-state index is -1.02. The lowest BCUT2D eigenvalue weighted by atomic mass is 10.00. The molecule has 0 aliphatic carbocycles. The van der Waals surface area contributed by atoms with Crippen molar-refractivity contribution >= 4 is 0 Å². The number of hydrogen-bond acceptors (Lipinski definition) is 2. The molecule has 1 atom stereocenters. The third-order valence-electron chi connectivity index (χ3n) is 3.20. The topological polar surface area (TPSA) is 29.5 Å². The Labute approximate surface area is 123 Å². The molecule has 21 heavy (non-hydrogen) atoms. The molecule has 0 aliphatic rings. The van der Waals surface area contributed by atoms with Crippen LogP contribution in [0, 0.1) is 11.6 Å². The quantitative estimate of drug-likeness (QED) is 0.871. The summed E-state index contributed by atoms with van der Waals surface area (Å²) < 4.78 is 32.9. The van der Waals surface area contributed by atoms with Crippen LogP contribution in [0.3, 0.4) is 0 Å². The molecule has 0 saturated heterocycles. The maximum atomic E-state index is 13.6. The fraction of sp³-hybridized carbons (Fsp3) is 0.294. The number of benzene rings is 2. The lowest BCUT2D eigenvalue weighted by Crippen LogP contribution is -2.08. The van der Waals surface area contributed by atoms with E-state index in [0.717, 1.165) is 6.42 Å². The van der Waals surface area contributed by atoms with Gasteiger partial charge in [0.2, 0.25) is 0 Å². The first kappa shape index (κ1) is 15.4. The van der Waals surface area contributed by atoms with E-state index in [4.69, 9.17) is 4.74 Å². The highest BCUT2D eigenvalue weighted by molar-refractivity contribution is 5.36. The molecule has 0 radical (unpaired) electrons. The maximum Gasteiger partial charge on any atom is 0.129 e. The summed E-state index contributed by atoms with van der Waals surface area (Å²) in [5.41, 5.74) is 0.420. The number of rotatable bonds is 6. The second kappa shape index (κ2) is 7.18. The fourth-order valence-electron chi connectivity index (χ4n) is 2.13. The second-order valence-corrected chi connectivity index (χ2v) is 4.81. The minimum Gasteiger partial charge on any atom is -0.493 e. The predicted octanol–water partition coefficient (Wildman–Crippen LogP) is 4.03. The molecule has 112 valence electrons. The van der Waals surface area contributed by atoms with Gasteiger partial charge < -0.3 is 9.84 Å².